The van der Waals surface area contributed by atoms with Gasteiger partial charge in [0.25, 0.3) is 0 Å². The Kier molecular flexibility index (Phi) is 8.47. The van der Waals surface area contributed by atoms with E-state index in [4.69, 9.17) is 14.4 Å². The Balaban J connectivity index is 3.27. The monoisotopic (exact) mass is 237 g/mol. The zero-order valence-electron chi connectivity index (χ0n) is 9.14. The second kappa shape index (κ2) is 8.77. The fourth-order valence-electron chi connectivity index (χ4n) is 0.921. The van der Waals surface area contributed by atoms with Crippen LogP contribution in [0.2, 0.25) is 0 Å². The standard InChI is InChI=1S/C9H17O5P/c1-8(7-14-15(2)12)13-6-4-3-5-9(10)11/h8H,3-7H2,1-2H3/p+1/t8-/m1/s1. The Hall–Kier alpha value is -0.510. The number of carboxylic acid groups (broad SMARTS) is 1. The molecule has 0 aliphatic rings. The Morgan fingerprint density at radius 3 is 2.67 bits per heavy atom. The van der Waals surface area contributed by atoms with Crippen molar-refractivity contribution in [3.63, 3.8) is 0 Å². The molecule has 0 fully saturated rings. The van der Waals surface area contributed by atoms with Gasteiger partial charge in [0.1, 0.15) is 6.61 Å². The lowest BCUT2D eigenvalue weighted by Gasteiger charge is -2.08. The molecule has 1 unspecified atom stereocenters. The minimum absolute atomic E-state index is 0.103. The van der Waals surface area contributed by atoms with Crippen molar-refractivity contribution < 1.29 is 23.7 Å². The van der Waals surface area contributed by atoms with E-state index in [-0.39, 0.29) is 12.5 Å². The van der Waals surface area contributed by atoms with Gasteiger partial charge in [-0.15, -0.1) is 4.52 Å². The number of hydrogen-bond acceptors (Lipinski definition) is 4. The van der Waals surface area contributed by atoms with Crippen LogP contribution in [0.4, 0.5) is 0 Å². The van der Waals surface area contributed by atoms with Crippen molar-refractivity contribution >= 4 is 14.0 Å². The maximum atomic E-state index is 10.6. The minimum atomic E-state index is -1.57. The van der Waals surface area contributed by atoms with Gasteiger partial charge in [-0.1, -0.05) is 0 Å². The van der Waals surface area contributed by atoms with Crippen LogP contribution in [0.5, 0.6) is 0 Å². The predicted molar refractivity (Wildman–Crippen MR) is 56.4 cm³/mol. The van der Waals surface area contributed by atoms with E-state index < -0.39 is 14.0 Å². The van der Waals surface area contributed by atoms with Crippen molar-refractivity contribution in [3.8, 4) is 0 Å². The van der Waals surface area contributed by atoms with Crippen molar-refractivity contribution in [2.75, 3.05) is 19.9 Å². The van der Waals surface area contributed by atoms with Crippen LogP contribution in [0.1, 0.15) is 26.2 Å². The fourth-order valence-corrected chi connectivity index (χ4v) is 1.34. The third-order valence-corrected chi connectivity index (χ3v) is 2.19. The quantitative estimate of drug-likeness (QED) is 0.490. The van der Waals surface area contributed by atoms with Crippen LogP contribution in [-0.2, 0) is 18.6 Å². The summed E-state index contributed by atoms with van der Waals surface area (Å²) in [6.45, 7) is 4.15. The Labute approximate surface area is 90.6 Å². The molecule has 0 aromatic carbocycles. The molecule has 15 heavy (non-hydrogen) atoms. The number of carbonyl (C=O) groups is 1. The van der Waals surface area contributed by atoms with Crippen LogP contribution in [0, 0.1) is 0 Å². The van der Waals surface area contributed by atoms with E-state index in [1.807, 2.05) is 6.92 Å². The van der Waals surface area contributed by atoms with Crippen molar-refractivity contribution in [3.05, 3.63) is 0 Å². The summed E-state index contributed by atoms with van der Waals surface area (Å²) in [5.41, 5.74) is 0. The van der Waals surface area contributed by atoms with Crippen LogP contribution in [-0.4, -0.2) is 37.1 Å². The first-order valence-corrected chi connectivity index (χ1v) is 6.52. The summed E-state index contributed by atoms with van der Waals surface area (Å²) >= 11 is 0. The summed E-state index contributed by atoms with van der Waals surface area (Å²) in [5, 5.41) is 8.37. The number of unbranched alkanes of at least 4 members (excludes halogenated alkanes) is 1. The molecular weight excluding hydrogens is 219 g/mol. The molecule has 0 heterocycles. The smallest absolute Gasteiger partial charge is 0.481 e. The van der Waals surface area contributed by atoms with E-state index in [9.17, 15) is 9.36 Å². The largest absolute Gasteiger partial charge is 0.504 e. The molecule has 0 aliphatic heterocycles. The molecule has 0 aromatic rings. The lowest BCUT2D eigenvalue weighted by atomic mass is 10.2. The Morgan fingerprint density at radius 2 is 2.13 bits per heavy atom. The SMILES string of the molecule is C[C@H](CO[P+](C)=O)OCCCCC(=O)O. The van der Waals surface area contributed by atoms with Gasteiger partial charge >= 0.3 is 14.0 Å². The van der Waals surface area contributed by atoms with Crippen LogP contribution < -0.4 is 0 Å². The van der Waals surface area contributed by atoms with Gasteiger partial charge < -0.3 is 9.84 Å². The second-order valence-corrected chi connectivity index (χ2v) is 4.41. The highest BCUT2D eigenvalue weighted by Gasteiger charge is 2.11. The summed E-state index contributed by atoms with van der Waals surface area (Å²) in [5.74, 6) is -0.783. The molecule has 6 heteroatoms. The van der Waals surface area contributed by atoms with E-state index in [1.54, 1.807) is 0 Å². The van der Waals surface area contributed by atoms with Gasteiger partial charge in [-0.25, -0.2) is 0 Å². The van der Waals surface area contributed by atoms with E-state index in [2.05, 4.69) is 0 Å². The molecule has 0 aromatic heterocycles. The Bertz CT molecular complexity index is 207. The molecule has 0 rings (SSSR count). The lowest BCUT2D eigenvalue weighted by Crippen LogP contribution is -2.15. The van der Waals surface area contributed by atoms with Gasteiger partial charge in [-0.3, -0.25) is 4.79 Å². The third kappa shape index (κ3) is 11.4. The van der Waals surface area contributed by atoms with Crippen molar-refractivity contribution in [1.82, 2.24) is 0 Å². The molecule has 0 spiro atoms. The molecule has 0 saturated carbocycles. The molecular formula is C9H18O5P+. The second-order valence-electron chi connectivity index (χ2n) is 3.27. The van der Waals surface area contributed by atoms with E-state index >= 15 is 0 Å². The average molecular weight is 237 g/mol. The van der Waals surface area contributed by atoms with Crippen molar-refractivity contribution in [2.45, 2.75) is 32.3 Å². The highest BCUT2D eigenvalue weighted by atomic mass is 31.1. The topological polar surface area (TPSA) is 72.8 Å². The summed E-state index contributed by atoms with van der Waals surface area (Å²) in [6.07, 6.45) is 1.41. The van der Waals surface area contributed by atoms with Crippen LogP contribution in [0.25, 0.3) is 0 Å². The molecule has 0 amide bonds. The Morgan fingerprint density at radius 1 is 1.47 bits per heavy atom. The van der Waals surface area contributed by atoms with Crippen LogP contribution in [0.15, 0.2) is 0 Å². The van der Waals surface area contributed by atoms with Gasteiger partial charge in [0.2, 0.25) is 0 Å². The predicted octanol–water partition coefficient (Wildman–Crippen LogP) is 2.04. The zero-order chi connectivity index (χ0) is 11.7. The molecule has 2 atom stereocenters. The molecule has 0 aliphatic carbocycles. The number of aliphatic carboxylic acids is 1. The van der Waals surface area contributed by atoms with Gasteiger partial charge in [0.05, 0.1) is 6.10 Å². The number of rotatable bonds is 9. The first kappa shape index (κ1) is 14.5. The number of hydrogen-bond donors (Lipinski definition) is 1. The van der Waals surface area contributed by atoms with Gasteiger partial charge in [-0.2, -0.15) is 0 Å². The first-order chi connectivity index (χ1) is 7.02. The summed E-state index contributed by atoms with van der Waals surface area (Å²) in [7, 11) is -1.57. The summed E-state index contributed by atoms with van der Waals surface area (Å²) in [4.78, 5) is 10.2. The van der Waals surface area contributed by atoms with E-state index in [0.717, 1.165) is 6.42 Å². The third-order valence-electron chi connectivity index (χ3n) is 1.68. The highest BCUT2D eigenvalue weighted by Crippen LogP contribution is 2.15. The molecule has 5 nitrogen and oxygen atoms in total. The normalized spacial score (nSPS) is 13.6. The summed E-state index contributed by atoms with van der Waals surface area (Å²) in [6, 6.07) is 0. The average Bonchev–Trinajstić information content (AvgIpc) is 2.13. The van der Waals surface area contributed by atoms with Crippen molar-refractivity contribution in [2.24, 2.45) is 0 Å². The summed E-state index contributed by atoms with van der Waals surface area (Å²) < 4.78 is 20.8. The number of carboxylic acids is 1. The molecule has 88 valence electrons. The lowest BCUT2D eigenvalue weighted by molar-refractivity contribution is -0.137. The van der Waals surface area contributed by atoms with E-state index in [0.29, 0.717) is 19.6 Å². The highest BCUT2D eigenvalue weighted by molar-refractivity contribution is 7.38. The molecule has 1 N–H and O–H groups in total. The fraction of sp³-hybridized carbons (Fsp3) is 0.889. The maximum Gasteiger partial charge on any atom is 0.504 e. The van der Waals surface area contributed by atoms with Gasteiger partial charge in [-0.05, 0) is 24.3 Å². The minimum Gasteiger partial charge on any atom is -0.481 e. The molecule has 0 bridgehead atoms. The molecule has 0 radical (unpaired) electrons. The first-order valence-electron chi connectivity index (χ1n) is 4.89. The van der Waals surface area contributed by atoms with Crippen LogP contribution in [0.3, 0.4) is 0 Å². The van der Waals surface area contributed by atoms with Crippen molar-refractivity contribution in [1.29, 1.82) is 0 Å². The van der Waals surface area contributed by atoms with Crippen LogP contribution >= 0.6 is 8.03 Å². The zero-order valence-corrected chi connectivity index (χ0v) is 10.0. The maximum absolute atomic E-state index is 10.6. The van der Waals surface area contributed by atoms with Gasteiger partial charge in [0, 0.05) is 13.0 Å². The van der Waals surface area contributed by atoms with E-state index in [1.165, 1.54) is 6.66 Å². The molecule has 0 saturated heterocycles. The number of ether oxygens (including phenoxy) is 1. The van der Waals surface area contributed by atoms with Gasteiger partial charge in [0.15, 0.2) is 6.66 Å².